The van der Waals surface area contributed by atoms with Gasteiger partial charge in [-0.05, 0) is 37.1 Å². The maximum absolute atomic E-state index is 13.0. The quantitative estimate of drug-likeness (QED) is 0.780. The Bertz CT molecular complexity index is 504. The van der Waals surface area contributed by atoms with E-state index in [2.05, 4.69) is 11.5 Å². The molecule has 2 heterocycles. The van der Waals surface area contributed by atoms with Gasteiger partial charge in [0.15, 0.2) is 0 Å². The van der Waals surface area contributed by atoms with Gasteiger partial charge in [-0.25, -0.2) is 4.39 Å². The molecule has 2 aliphatic heterocycles. The molecule has 0 bridgehead atoms. The van der Waals surface area contributed by atoms with Gasteiger partial charge in [-0.15, -0.1) is 6.58 Å². The van der Waals surface area contributed by atoms with Crippen LogP contribution in [0.25, 0.3) is 0 Å². The molecule has 3 rings (SSSR count). The summed E-state index contributed by atoms with van der Waals surface area (Å²) in [7, 11) is 0. The minimum absolute atomic E-state index is 0.0654. The van der Waals surface area contributed by atoms with Crippen molar-refractivity contribution in [3.63, 3.8) is 0 Å². The summed E-state index contributed by atoms with van der Waals surface area (Å²) >= 11 is 0. The van der Waals surface area contributed by atoms with E-state index in [4.69, 9.17) is 9.47 Å². The van der Waals surface area contributed by atoms with Crippen LogP contribution < -0.4 is 0 Å². The molecule has 1 aromatic carbocycles. The lowest BCUT2D eigenvalue weighted by Gasteiger charge is -2.39. The monoisotopic (exact) mass is 305 g/mol. The van der Waals surface area contributed by atoms with Crippen molar-refractivity contribution in [3.8, 4) is 0 Å². The molecule has 1 spiro atoms. The zero-order chi connectivity index (χ0) is 15.4. The van der Waals surface area contributed by atoms with Crippen LogP contribution >= 0.6 is 0 Å². The van der Waals surface area contributed by atoms with Gasteiger partial charge in [0.2, 0.25) is 0 Å². The Morgan fingerprint density at radius 2 is 2.23 bits per heavy atom. The lowest BCUT2D eigenvalue weighted by atomic mass is 9.89. The van der Waals surface area contributed by atoms with E-state index >= 15 is 0 Å². The Labute approximate surface area is 131 Å². The Morgan fingerprint density at radius 3 is 3.00 bits per heavy atom. The normalized spacial score (nSPS) is 29.0. The van der Waals surface area contributed by atoms with E-state index in [1.54, 1.807) is 6.08 Å². The first-order valence-electron chi connectivity index (χ1n) is 8.02. The van der Waals surface area contributed by atoms with Gasteiger partial charge in [0.05, 0.1) is 24.9 Å². The fourth-order valence-corrected chi connectivity index (χ4v) is 3.57. The highest BCUT2D eigenvalue weighted by atomic mass is 19.1. The molecular formula is C18H24FNO2. The van der Waals surface area contributed by atoms with E-state index in [0.29, 0.717) is 13.2 Å². The fraction of sp³-hybridized carbons (Fsp3) is 0.556. The SMILES string of the molecule is C=CCO[C@@H]1CO[C@@]2(CCCN(Cc3ccc(F)cc3)C2)C1. The average molecular weight is 305 g/mol. The highest BCUT2D eigenvalue weighted by molar-refractivity contribution is 5.16. The summed E-state index contributed by atoms with van der Waals surface area (Å²) in [5, 5.41) is 0. The molecule has 22 heavy (non-hydrogen) atoms. The third-order valence-corrected chi connectivity index (χ3v) is 4.56. The van der Waals surface area contributed by atoms with Crippen molar-refractivity contribution < 1.29 is 13.9 Å². The van der Waals surface area contributed by atoms with Gasteiger partial charge in [-0.1, -0.05) is 18.2 Å². The molecule has 3 nitrogen and oxygen atoms in total. The predicted octanol–water partition coefficient (Wildman–Crippen LogP) is 3.15. The molecule has 0 radical (unpaired) electrons. The van der Waals surface area contributed by atoms with Crippen LogP contribution in [0.5, 0.6) is 0 Å². The van der Waals surface area contributed by atoms with Gasteiger partial charge >= 0.3 is 0 Å². The van der Waals surface area contributed by atoms with Crippen LogP contribution in [0.1, 0.15) is 24.8 Å². The van der Waals surface area contributed by atoms with Crippen LogP contribution in [0.4, 0.5) is 4.39 Å². The maximum atomic E-state index is 13.0. The highest BCUT2D eigenvalue weighted by Crippen LogP contribution is 2.36. The van der Waals surface area contributed by atoms with Crippen molar-refractivity contribution in [1.29, 1.82) is 0 Å². The van der Waals surface area contributed by atoms with E-state index in [-0.39, 0.29) is 17.5 Å². The number of piperidine rings is 1. The molecule has 0 aromatic heterocycles. The smallest absolute Gasteiger partial charge is 0.123 e. The van der Waals surface area contributed by atoms with Crippen LogP contribution in [0.2, 0.25) is 0 Å². The Morgan fingerprint density at radius 1 is 1.41 bits per heavy atom. The summed E-state index contributed by atoms with van der Waals surface area (Å²) in [6, 6.07) is 6.78. The third kappa shape index (κ3) is 3.75. The van der Waals surface area contributed by atoms with Crippen LogP contribution in [0, 0.1) is 5.82 Å². The molecular weight excluding hydrogens is 281 g/mol. The van der Waals surface area contributed by atoms with Gasteiger partial charge in [0.25, 0.3) is 0 Å². The minimum atomic E-state index is -0.180. The first-order chi connectivity index (χ1) is 10.7. The lowest BCUT2D eigenvalue weighted by molar-refractivity contribution is -0.0544. The molecule has 1 aromatic rings. The predicted molar refractivity (Wildman–Crippen MR) is 84.1 cm³/mol. The zero-order valence-electron chi connectivity index (χ0n) is 13.0. The van der Waals surface area contributed by atoms with Gasteiger partial charge in [-0.3, -0.25) is 4.90 Å². The van der Waals surface area contributed by atoms with Gasteiger partial charge in [0, 0.05) is 19.5 Å². The first-order valence-corrected chi connectivity index (χ1v) is 8.02. The molecule has 0 amide bonds. The zero-order valence-corrected chi connectivity index (χ0v) is 13.0. The Kier molecular flexibility index (Phi) is 4.91. The van der Waals surface area contributed by atoms with Crippen molar-refractivity contribution in [1.82, 2.24) is 4.90 Å². The number of halogens is 1. The number of nitrogens with zero attached hydrogens (tertiary/aromatic N) is 1. The molecule has 2 fully saturated rings. The summed E-state index contributed by atoms with van der Waals surface area (Å²) in [6.45, 7) is 7.81. The highest BCUT2D eigenvalue weighted by Gasteiger charge is 2.43. The van der Waals surface area contributed by atoms with Crippen molar-refractivity contribution in [2.75, 3.05) is 26.3 Å². The molecule has 0 unspecified atom stereocenters. The summed E-state index contributed by atoms with van der Waals surface area (Å²) in [5.41, 5.74) is 1.08. The number of hydrogen-bond acceptors (Lipinski definition) is 3. The van der Waals surface area contributed by atoms with E-state index in [1.165, 1.54) is 12.1 Å². The van der Waals surface area contributed by atoms with Gasteiger partial charge in [-0.2, -0.15) is 0 Å². The number of benzene rings is 1. The van der Waals surface area contributed by atoms with Crippen molar-refractivity contribution in [3.05, 3.63) is 48.3 Å². The molecule has 0 aliphatic carbocycles. The fourth-order valence-electron chi connectivity index (χ4n) is 3.57. The molecule has 2 atom stereocenters. The number of ether oxygens (including phenoxy) is 2. The summed E-state index contributed by atoms with van der Waals surface area (Å²) in [4.78, 5) is 2.41. The molecule has 120 valence electrons. The van der Waals surface area contributed by atoms with Crippen LogP contribution in [0.15, 0.2) is 36.9 Å². The standard InChI is InChI=1S/C18H24FNO2/c1-2-10-21-17-11-18(22-13-17)8-3-9-20(14-18)12-15-4-6-16(19)7-5-15/h2,4-7,17H,1,3,8-14H2/t17-,18-/m0/s1. The second-order valence-corrected chi connectivity index (χ2v) is 6.38. The summed E-state index contributed by atoms with van der Waals surface area (Å²) in [6.07, 6.45) is 5.16. The Balaban J connectivity index is 1.57. The second kappa shape index (κ2) is 6.90. The second-order valence-electron chi connectivity index (χ2n) is 6.38. The van der Waals surface area contributed by atoms with Gasteiger partial charge < -0.3 is 9.47 Å². The van der Waals surface area contributed by atoms with Crippen molar-refractivity contribution in [2.24, 2.45) is 0 Å². The minimum Gasteiger partial charge on any atom is -0.372 e. The largest absolute Gasteiger partial charge is 0.372 e. The molecule has 2 saturated heterocycles. The maximum Gasteiger partial charge on any atom is 0.123 e. The first kappa shape index (κ1) is 15.7. The van der Waals surface area contributed by atoms with Gasteiger partial charge in [0.1, 0.15) is 5.82 Å². The lowest BCUT2D eigenvalue weighted by Crippen LogP contribution is -2.47. The van der Waals surface area contributed by atoms with E-state index in [1.807, 2.05) is 12.1 Å². The molecule has 2 aliphatic rings. The topological polar surface area (TPSA) is 21.7 Å². The van der Waals surface area contributed by atoms with Crippen molar-refractivity contribution in [2.45, 2.75) is 37.5 Å². The molecule has 0 saturated carbocycles. The van der Waals surface area contributed by atoms with Crippen LogP contribution in [-0.4, -0.2) is 42.9 Å². The molecule has 4 heteroatoms. The third-order valence-electron chi connectivity index (χ3n) is 4.56. The van der Waals surface area contributed by atoms with E-state index < -0.39 is 0 Å². The number of rotatable bonds is 5. The number of likely N-dealkylation sites (tertiary alicyclic amines) is 1. The summed E-state index contributed by atoms with van der Waals surface area (Å²) in [5.74, 6) is -0.180. The van der Waals surface area contributed by atoms with Crippen LogP contribution in [-0.2, 0) is 16.0 Å². The van der Waals surface area contributed by atoms with E-state index in [9.17, 15) is 4.39 Å². The number of hydrogen-bond donors (Lipinski definition) is 0. The molecule has 0 N–H and O–H groups in total. The Hall–Kier alpha value is -1.23. The average Bonchev–Trinajstić information content (AvgIpc) is 2.90. The van der Waals surface area contributed by atoms with Crippen molar-refractivity contribution >= 4 is 0 Å². The van der Waals surface area contributed by atoms with Crippen LogP contribution in [0.3, 0.4) is 0 Å². The summed E-state index contributed by atoms with van der Waals surface area (Å²) < 4.78 is 24.9. The van der Waals surface area contributed by atoms with E-state index in [0.717, 1.165) is 44.5 Å².